The number of hydrogen-bond acceptors (Lipinski definition) is 2. The van der Waals surface area contributed by atoms with Crippen molar-refractivity contribution < 1.29 is 0 Å². The van der Waals surface area contributed by atoms with Gasteiger partial charge in [-0.2, -0.15) is 0 Å². The third-order valence-electron chi connectivity index (χ3n) is 3.66. The Labute approximate surface area is 115 Å². The molecule has 1 aromatic heterocycles. The van der Waals surface area contributed by atoms with Crippen LogP contribution in [0.4, 0.5) is 0 Å². The van der Waals surface area contributed by atoms with Gasteiger partial charge in [-0.25, -0.2) is 4.98 Å². The second-order valence-electron chi connectivity index (χ2n) is 5.37. The molecule has 1 atom stereocenters. The van der Waals surface area contributed by atoms with Crippen LogP contribution in [0.3, 0.4) is 0 Å². The summed E-state index contributed by atoms with van der Waals surface area (Å²) >= 11 is 0. The van der Waals surface area contributed by atoms with Crippen molar-refractivity contribution in [1.29, 1.82) is 0 Å². The number of imidazole rings is 1. The van der Waals surface area contributed by atoms with Gasteiger partial charge in [-0.1, -0.05) is 17.7 Å². The van der Waals surface area contributed by atoms with Crippen LogP contribution in [-0.2, 0) is 13.6 Å². The van der Waals surface area contributed by atoms with Crippen LogP contribution in [0.2, 0.25) is 0 Å². The van der Waals surface area contributed by atoms with E-state index in [1.54, 1.807) is 0 Å². The van der Waals surface area contributed by atoms with Crippen LogP contribution in [0.5, 0.6) is 0 Å². The molecule has 3 heteroatoms. The molecule has 1 aromatic carbocycles. The summed E-state index contributed by atoms with van der Waals surface area (Å²) in [5.74, 6) is 1.06. The van der Waals surface area contributed by atoms with Gasteiger partial charge in [0, 0.05) is 25.5 Å². The van der Waals surface area contributed by atoms with Gasteiger partial charge in [0.25, 0.3) is 0 Å². The highest BCUT2D eigenvalue weighted by molar-refractivity contribution is 5.39. The summed E-state index contributed by atoms with van der Waals surface area (Å²) in [6.45, 7) is 9.53. The molecule has 0 spiro atoms. The largest absolute Gasteiger partial charge is 0.337 e. The van der Waals surface area contributed by atoms with Crippen molar-refractivity contribution in [3.05, 3.63) is 52.6 Å². The Kier molecular flexibility index (Phi) is 4.05. The molecule has 1 unspecified atom stereocenters. The number of aryl methyl sites for hydroxylation is 4. The summed E-state index contributed by atoms with van der Waals surface area (Å²) < 4.78 is 2.05. The maximum absolute atomic E-state index is 4.34. The number of hydrogen-bond donors (Lipinski definition) is 1. The summed E-state index contributed by atoms with van der Waals surface area (Å²) in [6.07, 6.45) is 3.81. The van der Waals surface area contributed by atoms with E-state index in [0.717, 1.165) is 12.4 Å². The van der Waals surface area contributed by atoms with E-state index in [-0.39, 0.29) is 0 Å². The molecule has 0 aliphatic heterocycles. The van der Waals surface area contributed by atoms with Gasteiger partial charge in [-0.15, -0.1) is 0 Å². The Hall–Kier alpha value is -1.61. The predicted octanol–water partition coefficient (Wildman–Crippen LogP) is 3.20. The quantitative estimate of drug-likeness (QED) is 0.911. The Balaban J connectivity index is 2.12. The monoisotopic (exact) mass is 257 g/mol. The fourth-order valence-electron chi connectivity index (χ4n) is 2.79. The molecule has 2 rings (SSSR count). The van der Waals surface area contributed by atoms with Gasteiger partial charge in [-0.3, -0.25) is 0 Å². The number of aromatic nitrogens is 2. The molecular weight excluding hydrogens is 234 g/mol. The molecular formula is C16H23N3. The molecule has 0 bridgehead atoms. The van der Waals surface area contributed by atoms with E-state index in [2.05, 4.69) is 54.7 Å². The van der Waals surface area contributed by atoms with Gasteiger partial charge in [0.1, 0.15) is 5.82 Å². The highest BCUT2D eigenvalue weighted by Gasteiger charge is 2.12. The van der Waals surface area contributed by atoms with Crippen molar-refractivity contribution in [2.75, 3.05) is 0 Å². The van der Waals surface area contributed by atoms with Gasteiger partial charge >= 0.3 is 0 Å². The predicted molar refractivity (Wildman–Crippen MR) is 79.1 cm³/mol. The van der Waals surface area contributed by atoms with E-state index >= 15 is 0 Å². The van der Waals surface area contributed by atoms with Crippen LogP contribution in [-0.4, -0.2) is 9.55 Å². The van der Waals surface area contributed by atoms with Crippen molar-refractivity contribution >= 4 is 0 Å². The lowest BCUT2D eigenvalue weighted by atomic mass is 9.95. The molecule has 19 heavy (non-hydrogen) atoms. The summed E-state index contributed by atoms with van der Waals surface area (Å²) in [4.78, 5) is 4.34. The number of nitrogens with one attached hydrogen (secondary N) is 1. The Bertz CT molecular complexity index is 546. The molecule has 0 radical (unpaired) electrons. The van der Waals surface area contributed by atoms with E-state index < -0.39 is 0 Å². The second-order valence-corrected chi connectivity index (χ2v) is 5.37. The molecule has 0 amide bonds. The lowest BCUT2D eigenvalue weighted by Crippen LogP contribution is -2.21. The van der Waals surface area contributed by atoms with Crippen LogP contribution in [0.15, 0.2) is 24.5 Å². The topological polar surface area (TPSA) is 29.9 Å². The fraction of sp³-hybridized carbons (Fsp3) is 0.438. The Morgan fingerprint density at radius 1 is 1.21 bits per heavy atom. The minimum Gasteiger partial charge on any atom is -0.337 e. The van der Waals surface area contributed by atoms with Gasteiger partial charge in [0.05, 0.1) is 6.54 Å². The molecule has 3 nitrogen and oxygen atoms in total. The maximum Gasteiger partial charge on any atom is 0.122 e. The molecule has 1 heterocycles. The zero-order chi connectivity index (χ0) is 14.0. The minimum absolute atomic E-state index is 0.331. The second kappa shape index (κ2) is 5.57. The zero-order valence-corrected chi connectivity index (χ0v) is 12.5. The molecule has 0 fully saturated rings. The molecule has 0 saturated carbocycles. The van der Waals surface area contributed by atoms with Crippen molar-refractivity contribution in [3.8, 4) is 0 Å². The van der Waals surface area contributed by atoms with Crippen molar-refractivity contribution in [3.63, 3.8) is 0 Å². The fourth-order valence-corrected chi connectivity index (χ4v) is 2.79. The van der Waals surface area contributed by atoms with Gasteiger partial charge in [-0.05, 0) is 44.4 Å². The normalized spacial score (nSPS) is 12.7. The summed E-state index contributed by atoms with van der Waals surface area (Å²) in [5, 5.41) is 3.56. The van der Waals surface area contributed by atoms with Crippen LogP contribution in [0.1, 0.15) is 41.0 Å². The first-order valence-electron chi connectivity index (χ1n) is 6.76. The minimum atomic E-state index is 0.331. The maximum atomic E-state index is 4.34. The molecule has 2 aromatic rings. The smallest absolute Gasteiger partial charge is 0.122 e. The highest BCUT2D eigenvalue weighted by Crippen LogP contribution is 2.23. The average Bonchev–Trinajstić information content (AvgIpc) is 2.70. The lowest BCUT2D eigenvalue weighted by Gasteiger charge is -2.19. The summed E-state index contributed by atoms with van der Waals surface area (Å²) in [6, 6.07) is 4.83. The van der Waals surface area contributed by atoms with E-state index in [1.807, 2.05) is 19.4 Å². The van der Waals surface area contributed by atoms with Crippen molar-refractivity contribution in [2.24, 2.45) is 7.05 Å². The Morgan fingerprint density at radius 2 is 1.84 bits per heavy atom. The number of benzene rings is 1. The lowest BCUT2D eigenvalue weighted by molar-refractivity contribution is 0.545. The van der Waals surface area contributed by atoms with Crippen molar-refractivity contribution in [1.82, 2.24) is 14.9 Å². The first-order chi connectivity index (χ1) is 8.99. The van der Waals surface area contributed by atoms with Crippen LogP contribution >= 0.6 is 0 Å². The van der Waals surface area contributed by atoms with Crippen LogP contribution in [0, 0.1) is 20.8 Å². The summed E-state index contributed by atoms with van der Waals surface area (Å²) in [7, 11) is 2.02. The van der Waals surface area contributed by atoms with Crippen molar-refractivity contribution in [2.45, 2.75) is 40.3 Å². The van der Waals surface area contributed by atoms with E-state index in [4.69, 9.17) is 0 Å². The highest BCUT2D eigenvalue weighted by atomic mass is 15.1. The Morgan fingerprint density at radius 3 is 2.37 bits per heavy atom. The van der Waals surface area contributed by atoms with E-state index in [1.165, 1.54) is 22.3 Å². The summed E-state index contributed by atoms with van der Waals surface area (Å²) in [5.41, 5.74) is 5.45. The first kappa shape index (κ1) is 13.8. The van der Waals surface area contributed by atoms with Crippen LogP contribution in [0.25, 0.3) is 0 Å². The third-order valence-corrected chi connectivity index (χ3v) is 3.66. The molecule has 0 saturated heterocycles. The number of rotatable bonds is 4. The van der Waals surface area contributed by atoms with Crippen LogP contribution < -0.4 is 5.32 Å². The standard InChI is InChI=1S/C16H23N3/c1-11-8-12(2)16(13(3)9-11)14(4)18-10-15-17-6-7-19(15)5/h6-9,14,18H,10H2,1-5H3. The molecule has 1 N–H and O–H groups in total. The first-order valence-corrected chi connectivity index (χ1v) is 6.76. The molecule has 102 valence electrons. The third kappa shape index (κ3) is 3.04. The average molecular weight is 257 g/mol. The molecule has 0 aliphatic carbocycles. The van der Waals surface area contributed by atoms with Gasteiger partial charge in [0.2, 0.25) is 0 Å². The number of nitrogens with zero attached hydrogens (tertiary/aromatic N) is 2. The van der Waals surface area contributed by atoms with Gasteiger partial charge in [0.15, 0.2) is 0 Å². The molecule has 0 aliphatic rings. The zero-order valence-electron chi connectivity index (χ0n) is 12.5. The van der Waals surface area contributed by atoms with Gasteiger partial charge < -0.3 is 9.88 Å². The van der Waals surface area contributed by atoms with E-state index in [0.29, 0.717) is 6.04 Å². The SMILES string of the molecule is Cc1cc(C)c(C(C)NCc2nccn2C)c(C)c1. The van der Waals surface area contributed by atoms with E-state index in [9.17, 15) is 0 Å².